The van der Waals surface area contributed by atoms with Crippen LogP contribution in [0.5, 0.6) is 5.75 Å². The van der Waals surface area contributed by atoms with E-state index in [9.17, 15) is 22.8 Å². The smallest absolute Gasteiger partial charge is 0.422 e. The number of amides is 2. The van der Waals surface area contributed by atoms with Crippen LogP contribution >= 0.6 is 11.6 Å². The lowest BCUT2D eigenvalue weighted by Gasteiger charge is -2.25. The highest BCUT2D eigenvalue weighted by molar-refractivity contribution is 6.32. The normalized spacial score (nSPS) is 14.2. The first-order valence-electron chi connectivity index (χ1n) is 9.61. The Balaban J connectivity index is 1.52. The van der Waals surface area contributed by atoms with Gasteiger partial charge in [-0.3, -0.25) is 9.59 Å². The summed E-state index contributed by atoms with van der Waals surface area (Å²) in [5, 5.41) is 2.62. The molecule has 1 unspecified atom stereocenters. The molecule has 0 radical (unpaired) electrons. The molecule has 0 aliphatic carbocycles. The van der Waals surface area contributed by atoms with Gasteiger partial charge in [-0.2, -0.15) is 13.2 Å². The molecule has 8 nitrogen and oxygen atoms in total. The molecule has 0 saturated carbocycles. The molecule has 0 fully saturated rings. The Kier molecular flexibility index (Phi) is 5.98. The SMILES string of the molecule is CC(c1ccc(OCC(F)(F)F)c(Cl)c1)N1Cc2c(ccnc2NC(=O)c2cocn2)C1=O. The van der Waals surface area contributed by atoms with Crippen LogP contribution in [0.3, 0.4) is 0 Å². The van der Waals surface area contributed by atoms with Crippen LogP contribution in [-0.2, 0) is 6.54 Å². The standard InChI is InChI=1S/C21H16ClF3N4O4/c1-11(12-2-3-17(15(22)6-12)33-9-21(23,24)25)29-7-14-13(20(29)31)4-5-26-18(14)28-19(30)16-8-32-10-27-16/h2-6,8,10-11H,7,9H2,1H3,(H,26,28,30). The topological polar surface area (TPSA) is 97.6 Å². The highest BCUT2D eigenvalue weighted by Gasteiger charge is 2.34. The van der Waals surface area contributed by atoms with Crippen LogP contribution in [0.1, 0.15) is 44.9 Å². The summed E-state index contributed by atoms with van der Waals surface area (Å²) >= 11 is 6.10. The van der Waals surface area contributed by atoms with Crippen LogP contribution in [-0.4, -0.2) is 39.5 Å². The predicted molar refractivity (Wildman–Crippen MR) is 110 cm³/mol. The zero-order valence-electron chi connectivity index (χ0n) is 17.0. The van der Waals surface area contributed by atoms with Crippen molar-refractivity contribution in [3.05, 3.63) is 70.5 Å². The van der Waals surface area contributed by atoms with Gasteiger partial charge in [-0.1, -0.05) is 17.7 Å². The molecule has 1 aliphatic rings. The quantitative estimate of drug-likeness (QED) is 0.552. The third kappa shape index (κ3) is 4.77. The molecule has 1 aliphatic heterocycles. The van der Waals surface area contributed by atoms with Gasteiger partial charge in [0.25, 0.3) is 11.8 Å². The predicted octanol–water partition coefficient (Wildman–Crippen LogP) is 4.63. The lowest BCUT2D eigenvalue weighted by Crippen LogP contribution is -2.27. The Labute approximate surface area is 190 Å². The minimum absolute atomic E-state index is 0.00464. The number of alkyl halides is 3. The molecule has 0 spiro atoms. The summed E-state index contributed by atoms with van der Waals surface area (Å²) in [5.41, 5.74) is 1.57. The number of carbonyl (C=O) groups is 2. The fourth-order valence-corrected chi connectivity index (χ4v) is 3.64. The summed E-state index contributed by atoms with van der Waals surface area (Å²) in [6.07, 6.45) is -0.774. The van der Waals surface area contributed by atoms with Crippen molar-refractivity contribution >= 4 is 29.2 Å². The fraction of sp³-hybridized carbons (Fsp3) is 0.238. The van der Waals surface area contributed by atoms with Gasteiger partial charge in [-0.05, 0) is 30.7 Å². The summed E-state index contributed by atoms with van der Waals surface area (Å²) < 4.78 is 46.7. The van der Waals surface area contributed by atoms with E-state index in [-0.39, 0.29) is 34.7 Å². The maximum atomic E-state index is 13.0. The Morgan fingerprint density at radius 3 is 2.79 bits per heavy atom. The minimum Gasteiger partial charge on any atom is -0.483 e. The number of carbonyl (C=O) groups excluding carboxylic acids is 2. The number of hydrogen-bond acceptors (Lipinski definition) is 6. The van der Waals surface area contributed by atoms with E-state index in [2.05, 4.69) is 15.3 Å². The van der Waals surface area contributed by atoms with Gasteiger partial charge in [0, 0.05) is 17.3 Å². The van der Waals surface area contributed by atoms with Gasteiger partial charge in [0.15, 0.2) is 18.7 Å². The first kappa shape index (κ1) is 22.6. The van der Waals surface area contributed by atoms with Crippen LogP contribution in [0.15, 0.2) is 47.5 Å². The third-order valence-electron chi connectivity index (χ3n) is 5.07. The molecule has 12 heteroatoms. The maximum Gasteiger partial charge on any atom is 0.422 e. The number of nitrogens with one attached hydrogen (secondary N) is 1. The Morgan fingerprint density at radius 2 is 2.12 bits per heavy atom. The molecule has 0 saturated heterocycles. The number of oxazole rings is 1. The van der Waals surface area contributed by atoms with Gasteiger partial charge in [0.05, 0.1) is 17.6 Å². The van der Waals surface area contributed by atoms with Gasteiger partial charge in [-0.25, -0.2) is 9.97 Å². The van der Waals surface area contributed by atoms with E-state index in [1.165, 1.54) is 24.6 Å². The second-order valence-corrected chi connectivity index (χ2v) is 7.62. The average Bonchev–Trinajstić information content (AvgIpc) is 3.41. The van der Waals surface area contributed by atoms with Crippen molar-refractivity contribution in [1.82, 2.24) is 14.9 Å². The molecule has 1 atom stereocenters. The van der Waals surface area contributed by atoms with Crippen molar-refractivity contribution < 1.29 is 31.9 Å². The Bertz CT molecular complexity index is 1200. The molecule has 3 heterocycles. The molecule has 0 bridgehead atoms. The van der Waals surface area contributed by atoms with Crippen molar-refractivity contribution in [2.45, 2.75) is 25.7 Å². The van der Waals surface area contributed by atoms with Gasteiger partial charge < -0.3 is 19.4 Å². The van der Waals surface area contributed by atoms with Crippen molar-refractivity contribution in [2.75, 3.05) is 11.9 Å². The summed E-state index contributed by atoms with van der Waals surface area (Å²) in [6, 6.07) is 5.41. The summed E-state index contributed by atoms with van der Waals surface area (Å²) in [5.74, 6) is -0.712. The second kappa shape index (κ2) is 8.74. The number of pyridine rings is 1. The zero-order chi connectivity index (χ0) is 23.8. The largest absolute Gasteiger partial charge is 0.483 e. The molecule has 3 aromatic rings. The summed E-state index contributed by atoms with van der Waals surface area (Å²) in [6.45, 7) is 0.450. The van der Waals surface area contributed by atoms with Crippen LogP contribution in [0.2, 0.25) is 5.02 Å². The van der Waals surface area contributed by atoms with Gasteiger partial charge in [0.2, 0.25) is 0 Å². The van der Waals surface area contributed by atoms with Gasteiger partial charge >= 0.3 is 6.18 Å². The fourth-order valence-electron chi connectivity index (χ4n) is 3.40. The van der Waals surface area contributed by atoms with E-state index in [0.29, 0.717) is 16.7 Å². The van der Waals surface area contributed by atoms with Gasteiger partial charge in [0.1, 0.15) is 17.8 Å². The van der Waals surface area contributed by atoms with Crippen molar-refractivity contribution in [3.8, 4) is 5.75 Å². The van der Waals surface area contributed by atoms with E-state index >= 15 is 0 Å². The highest BCUT2D eigenvalue weighted by atomic mass is 35.5. The number of halogens is 4. The molecule has 172 valence electrons. The third-order valence-corrected chi connectivity index (χ3v) is 5.36. The first-order chi connectivity index (χ1) is 15.6. The molecular weight excluding hydrogens is 465 g/mol. The average molecular weight is 481 g/mol. The first-order valence-corrected chi connectivity index (χ1v) is 9.99. The lowest BCUT2D eigenvalue weighted by atomic mass is 10.1. The summed E-state index contributed by atoms with van der Waals surface area (Å²) in [7, 11) is 0. The van der Waals surface area contributed by atoms with Crippen LogP contribution in [0.25, 0.3) is 0 Å². The van der Waals surface area contributed by atoms with E-state index in [4.69, 9.17) is 20.8 Å². The number of anilines is 1. The Morgan fingerprint density at radius 1 is 1.33 bits per heavy atom. The zero-order valence-corrected chi connectivity index (χ0v) is 17.8. The highest BCUT2D eigenvalue weighted by Crippen LogP contribution is 2.36. The number of nitrogens with zero attached hydrogens (tertiary/aromatic N) is 3. The number of hydrogen-bond donors (Lipinski definition) is 1. The number of ether oxygens (including phenoxy) is 1. The molecule has 1 aromatic carbocycles. The van der Waals surface area contributed by atoms with Crippen LogP contribution < -0.4 is 10.1 Å². The molecule has 1 N–H and O–H groups in total. The Hall–Kier alpha value is -3.60. The molecule has 2 amide bonds. The van der Waals surface area contributed by atoms with E-state index in [0.717, 1.165) is 6.39 Å². The monoisotopic (exact) mass is 480 g/mol. The van der Waals surface area contributed by atoms with E-state index in [1.807, 2.05) is 0 Å². The number of aromatic nitrogens is 2. The van der Waals surface area contributed by atoms with E-state index < -0.39 is 24.7 Å². The molecule has 33 heavy (non-hydrogen) atoms. The van der Waals surface area contributed by atoms with Gasteiger partial charge in [-0.15, -0.1) is 0 Å². The number of rotatable bonds is 6. The van der Waals surface area contributed by atoms with E-state index in [1.54, 1.807) is 24.0 Å². The van der Waals surface area contributed by atoms with Crippen LogP contribution in [0.4, 0.5) is 19.0 Å². The lowest BCUT2D eigenvalue weighted by molar-refractivity contribution is -0.153. The van der Waals surface area contributed by atoms with Crippen molar-refractivity contribution in [2.24, 2.45) is 0 Å². The summed E-state index contributed by atoms with van der Waals surface area (Å²) in [4.78, 5) is 34.8. The minimum atomic E-state index is -4.49. The van der Waals surface area contributed by atoms with Crippen molar-refractivity contribution in [3.63, 3.8) is 0 Å². The second-order valence-electron chi connectivity index (χ2n) is 7.22. The molecule has 2 aromatic heterocycles. The molecule has 4 rings (SSSR count). The molecular formula is C21H16ClF3N4O4. The van der Waals surface area contributed by atoms with Crippen molar-refractivity contribution in [1.29, 1.82) is 0 Å². The van der Waals surface area contributed by atoms with Crippen LogP contribution in [0, 0.1) is 0 Å². The number of fused-ring (bicyclic) bond motifs is 1. The maximum absolute atomic E-state index is 13.0. The number of benzene rings is 1.